The van der Waals surface area contributed by atoms with Crippen LogP contribution in [0.2, 0.25) is 5.02 Å². The van der Waals surface area contributed by atoms with Crippen LogP contribution < -0.4 is 5.43 Å². The molecule has 10 heteroatoms. The van der Waals surface area contributed by atoms with Gasteiger partial charge in [-0.1, -0.05) is 35.9 Å². The van der Waals surface area contributed by atoms with Crippen LogP contribution in [0.25, 0.3) is 10.9 Å². The van der Waals surface area contributed by atoms with E-state index < -0.39 is 30.0 Å². The lowest BCUT2D eigenvalue weighted by Crippen LogP contribution is -2.30. The number of ketones is 1. The fraction of sp³-hybridized carbons (Fsp3) is 0.118. The number of carbonyl (C=O) groups excluding carboxylic acids is 2. The van der Waals surface area contributed by atoms with Gasteiger partial charge in [0.2, 0.25) is 0 Å². The van der Waals surface area contributed by atoms with Crippen molar-refractivity contribution >= 4 is 51.2 Å². The van der Waals surface area contributed by atoms with Crippen molar-refractivity contribution in [1.29, 1.82) is 0 Å². The summed E-state index contributed by atoms with van der Waals surface area (Å²) in [6.07, 6.45) is -5.85. The Balaban J connectivity index is 1.82. The molecule has 0 spiro atoms. The Morgan fingerprint density at radius 1 is 1.19 bits per heavy atom. The molecule has 2 heterocycles. The van der Waals surface area contributed by atoms with Crippen LogP contribution in [-0.4, -0.2) is 28.6 Å². The number of Topliss-reactive ketones (excluding diaryl/α,β-unsaturated/α-hetero) is 1. The normalized spacial score (nSPS) is 12.4. The Kier molecular flexibility index (Phi) is 5.33. The lowest BCUT2D eigenvalue weighted by atomic mass is 10.1. The van der Waals surface area contributed by atoms with Gasteiger partial charge in [0.15, 0.2) is 5.78 Å². The molecule has 0 saturated carbocycles. The SMILES string of the molecule is O=C(C/C(=N\NC(=O)c1[nH]c2ccccc2c1Cl)C(F)(F)F)c1cccs1. The molecule has 27 heavy (non-hydrogen) atoms. The first-order valence-corrected chi connectivity index (χ1v) is 8.80. The van der Waals surface area contributed by atoms with Crippen LogP contribution in [0.15, 0.2) is 46.9 Å². The van der Waals surface area contributed by atoms with Gasteiger partial charge < -0.3 is 4.98 Å². The number of nitrogens with one attached hydrogen (secondary N) is 2. The molecule has 3 rings (SSSR count). The van der Waals surface area contributed by atoms with Crippen molar-refractivity contribution in [3.63, 3.8) is 0 Å². The van der Waals surface area contributed by atoms with E-state index in [-0.39, 0.29) is 15.6 Å². The number of H-pyrrole nitrogens is 1. The number of thiophene rings is 1. The number of halogens is 4. The second kappa shape index (κ2) is 7.53. The Morgan fingerprint density at radius 2 is 1.93 bits per heavy atom. The number of fused-ring (bicyclic) bond motifs is 1. The van der Waals surface area contributed by atoms with Crippen molar-refractivity contribution in [1.82, 2.24) is 10.4 Å². The van der Waals surface area contributed by atoms with Gasteiger partial charge in [-0.05, 0) is 17.5 Å². The molecular weight excluding hydrogens is 403 g/mol. The molecule has 0 unspecified atom stereocenters. The number of aromatic nitrogens is 1. The van der Waals surface area contributed by atoms with Gasteiger partial charge in [0.05, 0.1) is 16.3 Å². The predicted molar refractivity (Wildman–Crippen MR) is 97.5 cm³/mol. The fourth-order valence-electron chi connectivity index (χ4n) is 2.32. The van der Waals surface area contributed by atoms with Crippen LogP contribution in [0.1, 0.15) is 26.6 Å². The highest BCUT2D eigenvalue weighted by Crippen LogP contribution is 2.27. The second-order valence-corrected chi connectivity index (χ2v) is 6.76. The third-order valence-electron chi connectivity index (χ3n) is 3.61. The smallest absolute Gasteiger partial charge is 0.349 e. The Labute approximate surface area is 159 Å². The quantitative estimate of drug-likeness (QED) is 0.358. The third-order valence-corrected chi connectivity index (χ3v) is 4.92. The van der Waals surface area contributed by atoms with Crippen LogP contribution in [-0.2, 0) is 0 Å². The van der Waals surface area contributed by atoms with Gasteiger partial charge in [-0.15, -0.1) is 11.3 Å². The lowest BCUT2D eigenvalue weighted by Gasteiger charge is -2.09. The maximum atomic E-state index is 13.2. The highest BCUT2D eigenvalue weighted by Gasteiger charge is 2.37. The molecule has 0 saturated heterocycles. The molecule has 0 aliphatic carbocycles. The summed E-state index contributed by atoms with van der Waals surface area (Å²) >= 11 is 7.12. The molecule has 0 radical (unpaired) electrons. The van der Waals surface area contributed by atoms with Crippen molar-refractivity contribution in [3.05, 3.63) is 57.4 Å². The molecule has 0 fully saturated rings. The van der Waals surface area contributed by atoms with Gasteiger partial charge in [-0.3, -0.25) is 9.59 Å². The average Bonchev–Trinajstić information content (AvgIpc) is 3.26. The molecule has 2 aromatic heterocycles. The Morgan fingerprint density at radius 3 is 2.56 bits per heavy atom. The topological polar surface area (TPSA) is 74.3 Å². The summed E-state index contributed by atoms with van der Waals surface area (Å²) in [5, 5.41) is 5.33. The Bertz CT molecular complexity index is 1030. The highest BCUT2D eigenvalue weighted by molar-refractivity contribution is 7.12. The number of hydrazone groups is 1. The van der Waals surface area contributed by atoms with Crippen molar-refractivity contribution in [2.75, 3.05) is 0 Å². The lowest BCUT2D eigenvalue weighted by molar-refractivity contribution is -0.0605. The maximum Gasteiger partial charge on any atom is 0.431 e. The maximum absolute atomic E-state index is 13.2. The van der Waals surface area contributed by atoms with E-state index in [1.807, 2.05) is 5.43 Å². The molecule has 2 N–H and O–H groups in total. The summed E-state index contributed by atoms with van der Waals surface area (Å²) in [7, 11) is 0. The van der Waals surface area contributed by atoms with Crippen molar-refractivity contribution in [2.24, 2.45) is 5.10 Å². The molecule has 3 aromatic rings. The second-order valence-electron chi connectivity index (χ2n) is 5.43. The average molecular weight is 414 g/mol. The van der Waals surface area contributed by atoms with Crippen molar-refractivity contribution in [3.8, 4) is 0 Å². The number of alkyl halides is 3. The number of hydrogen-bond donors (Lipinski definition) is 2. The first-order chi connectivity index (χ1) is 12.8. The number of benzene rings is 1. The van der Waals surface area contributed by atoms with E-state index >= 15 is 0 Å². The minimum atomic E-state index is -4.87. The standard InChI is InChI=1S/C17H11ClF3N3O2S/c18-14-9-4-1-2-5-10(9)22-15(14)16(26)24-23-13(17(19,20)21)8-11(25)12-6-3-7-27-12/h1-7,22H,8H2,(H,24,26)/b23-13+. The van der Waals surface area contributed by atoms with Gasteiger partial charge >= 0.3 is 6.18 Å². The van der Waals surface area contributed by atoms with E-state index in [1.54, 1.807) is 35.7 Å². The zero-order valence-electron chi connectivity index (χ0n) is 13.4. The molecule has 1 amide bonds. The van der Waals surface area contributed by atoms with Crippen LogP contribution in [0.3, 0.4) is 0 Å². The fourth-order valence-corrected chi connectivity index (χ4v) is 3.28. The minimum absolute atomic E-state index is 0.0709. The van der Waals surface area contributed by atoms with Crippen molar-refractivity contribution < 1.29 is 22.8 Å². The number of amides is 1. The summed E-state index contributed by atoms with van der Waals surface area (Å²) < 4.78 is 39.5. The summed E-state index contributed by atoms with van der Waals surface area (Å²) in [6, 6.07) is 9.73. The number of para-hydroxylation sites is 1. The van der Waals surface area contributed by atoms with E-state index in [9.17, 15) is 22.8 Å². The van der Waals surface area contributed by atoms with E-state index in [2.05, 4.69) is 10.1 Å². The van der Waals surface area contributed by atoms with Crippen LogP contribution in [0.5, 0.6) is 0 Å². The van der Waals surface area contributed by atoms with Gasteiger partial charge in [-0.25, -0.2) is 5.43 Å². The van der Waals surface area contributed by atoms with Gasteiger partial charge in [0, 0.05) is 10.9 Å². The van der Waals surface area contributed by atoms with Gasteiger partial charge in [0.1, 0.15) is 11.4 Å². The number of nitrogens with zero attached hydrogens (tertiary/aromatic N) is 1. The first-order valence-electron chi connectivity index (χ1n) is 7.54. The number of aromatic amines is 1. The summed E-state index contributed by atoms with van der Waals surface area (Å²) in [4.78, 5) is 27.0. The van der Waals surface area contributed by atoms with Crippen molar-refractivity contribution in [2.45, 2.75) is 12.6 Å². The minimum Gasteiger partial charge on any atom is -0.349 e. The Hall–Kier alpha value is -2.65. The molecule has 0 aliphatic rings. The number of rotatable bonds is 5. The predicted octanol–water partition coefficient (Wildman–Crippen LogP) is 4.80. The van der Waals surface area contributed by atoms with E-state index in [4.69, 9.17) is 11.6 Å². The summed E-state index contributed by atoms with van der Waals surface area (Å²) in [6.45, 7) is 0. The molecule has 0 bridgehead atoms. The van der Waals surface area contributed by atoms with E-state index in [0.717, 1.165) is 11.3 Å². The van der Waals surface area contributed by atoms with Crippen LogP contribution in [0.4, 0.5) is 13.2 Å². The van der Waals surface area contributed by atoms with E-state index in [0.29, 0.717) is 10.9 Å². The van der Waals surface area contributed by atoms with Gasteiger partial charge in [-0.2, -0.15) is 18.3 Å². The summed E-state index contributed by atoms with van der Waals surface area (Å²) in [5.41, 5.74) is 0.859. The molecular formula is C17H11ClF3N3O2S. The zero-order valence-corrected chi connectivity index (χ0v) is 15.0. The number of carbonyl (C=O) groups is 2. The van der Waals surface area contributed by atoms with Gasteiger partial charge in [0.25, 0.3) is 5.91 Å². The monoisotopic (exact) mass is 413 g/mol. The van der Waals surface area contributed by atoms with E-state index in [1.165, 1.54) is 6.07 Å². The molecule has 1 aromatic carbocycles. The zero-order chi connectivity index (χ0) is 19.6. The first kappa shape index (κ1) is 19.1. The largest absolute Gasteiger partial charge is 0.431 e. The molecule has 5 nitrogen and oxygen atoms in total. The van der Waals surface area contributed by atoms with Crippen LogP contribution >= 0.6 is 22.9 Å². The summed E-state index contributed by atoms with van der Waals surface area (Å²) in [5.74, 6) is -1.68. The molecule has 0 aliphatic heterocycles. The highest BCUT2D eigenvalue weighted by atomic mass is 35.5. The third kappa shape index (κ3) is 4.20. The molecule has 0 atom stereocenters. The number of hydrogen-bond acceptors (Lipinski definition) is 4. The molecule has 140 valence electrons. The van der Waals surface area contributed by atoms with Crippen LogP contribution in [0, 0.1) is 0 Å².